The second-order valence-electron chi connectivity index (χ2n) is 3.88. The molecule has 0 heterocycles. The van der Waals surface area contributed by atoms with Crippen LogP contribution in [0.15, 0.2) is 64.2 Å². The van der Waals surface area contributed by atoms with Crippen molar-refractivity contribution in [2.75, 3.05) is 0 Å². The molecule has 2 aromatic carbocycles. The minimum Gasteiger partial charge on any atom is -0.410 e. The molecule has 96 valence electrons. The van der Waals surface area contributed by atoms with Crippen LogP contribution >= 0.6 is 27.5 Å². The van der Waals surface area contributed by atoms with Gasteiger partial charge in [-0.2, -0.15) is 0 Å². The molecule has 0 aliphatic heterocycles. The summed E-state index contributed by atoms with van der Waals surface area (Å²) in [4.78, 5) is 0. The number of halogens is 2. The molecule has 0 aliphatic rings. The second-order valence-corrected chi connectivity index (χ2v) is 5.23. The summed E-state index contributed by atoms with van der Waals surface area (Å²) >= 11 is 9.19. The Bertz CT molecular complexity index is 603. The van der Waals surface area contributed by atoms with Crippen LogP contribution in [-0.2, 0) is 0 Å². The molecule has 2 nitrogen and oxygen atoms in total. The highest BCUT2D eigenvalue weighted by molar-refractivity contribution is 9.10. The standard InChI is InChI=1S/C15H11BrClNO/c16-13-6-4-12(5-7-13)15(18-19)10-3-11-1-8-14(17)9-2-11/h1-10,19H/b10-3+,18-15+. The maximum atomic E-state index is 9.07. The van der Waals surface area contributed by atoms with Crippen LogP contribution < -0.4 is 0 Å². The number of benzene rings is 2. The topological polar surface area (TPSA) is 32.6 Å². The molecule has 2 rings (SSSR count). The van der Waals surface area contributed by atoms with E-state index in [2.05, 4.69) is 21.1 Å². The molecule has 0 saturated heterocycles. The Morgan fingerprint density at radius 3 is 2.26 bits per heavy atom. The quantitative estimate of drug-likeness (QED) is 0.478. The minimum absolute atomic E-state index is 0.502. The number of oxime groups is 1. The van der Waals surface area contributed by atoms with Crippen LogP contribution in [0.3, 0.4) is 0 Å². The average molecular weight is 337 g/mol. The lowest BCUT2D eigenvalue weighted by Crippen LogP contribution is -1.95. The number of hydrogen-bond donors (Lipinski definition) is 1. The van der Waals surface area contributed by atoms with Gasteiger partial charge in [0, 0.05) is 15.1 Å². The first-order valence-corrected chi connectivity index (χ1v) is 6.78. The normalized spacial score (nSPS) is 12.0. The summed E-state index contributed by atoms with van der Waals surface area (Å²) < 4.78 is 0.982. The summed E-state index contributed by atoms with van der Waals surface area (Å²) in [6.45, 7) is 0. The van der Waals surface area contributed by atoms with Gasteiger partial charge in [0.1, 0.15) is 5.71 Å². The summed E-state index contributed by atoms with van der Waals surface area (Å²) in [6.07, 6.45) is 3.62. The molecule has 1 N–H and O–H groups in total. The van der Waals surface area contributed by atoms with E-state index in [9.17, 15) is 0 Å². The van der Waals surface area contributed by atoms with Gasteiger partial charge >= 0.3 is 0 Å². The Labute approximate surface area is 125 Å². The van der Waals surface area contributed by atoms with E-state index < -0.39 is 0 Å². The Morgan fingerprint density at radius 1 is 1.05 bits per heavy atom. The van der Waals surface area contributed by atoms with Crippen molar-refractivity contribution >= 4 is 39.3 Å². The number of nitrogens with zero attached hydrogens (tertiary/aromatic N) is 1. The number of rotatable bonds is 3. The largest absolute Gasteiger partial charge is 0.410 e. The zero-order valence-corrected chi connectivity index (χ0v) is 12.3. The molecule has 0 atom stereocenters. The molecule has 0 aliphatic carbocycles. The van der Waals surface area contributed by atoms with Gasteiger partial charge in [-0.25, -0.2) is 0 Å². The van der Waals surface area contributed by atoms with E-state index >= 15 is 0 Å². The predicted molar refractivity (Wildman–Crippen MR) is 83.0 cm³/mol. The molecule has 0 radical (unpaired) electrons. The molecule has 0 amide bonds. The van der Waals surface area contributed by atoms with Crippen molar-refractivity contribution in [2.45, 2.75) is 0 Å². The molecule has 0 saturated carbocycles. The molecule has 2 aromatic rings. The first-order chi connectivity index (χ1) is 9.19. The zero-order chi connectivity index (χ0) is 13.7. The molecule has 4 heteroatoms. The Morgan fingerprint density at radius 2 is 1.68 bits per heavy atom. The van der Waals surface area contributed by atoms with Gasteiger partial charge in [0.05, 0.1) is 0 Å². The van der Waals surface area contributed by atoms with Gasteiger partial charge in [0.15, 0.2) is 0 Å². The SMILES string of the molecule is O/N=C(\C=C\c1ccc(Cl)cc1)c1ccc(Br)cc1. The van der Waals surface area contributed by atoms with Gasteiger partial charge in [-0.15, -0.1) is 0 Å². The first-order valence-electron chi connectivity index (χ1n) is 5.60. The highest BCUT2D eigenvalue weighted by Crippen LogP contribution is 2.14. The van der Waals surface area contributed by atoms with Gasteiger partial charge in [0.25, 0.3) is 0 Å². The first kappa shape index (κ1) is 13.8. The van der Waals surface area contributed by atoms with E-state index in [-0.39, 0.29) is 0 Å². The van der Waals surface area contributed by atoms with Crippen LogP contribution in [0.1, 0.15) is 11.1 Å². The van der Waals surface area contributed by atoms with Gasteiger partial charge in [-0.05, 0) is 35.9 Å². The van der Waals surface area contributed by atoms with E-state index in [0.717, 1.165) is 15.6 Å². The lowest BCUT2D eigenvalue weighted by molar-refractivity contribution is 0.320. The van der Waals surface area contributed by atoms with E-state index in [1.807, 2.05) is 54.6 Å². The number of hydrogen-bond acceptors (Lipinski definition) is 2. The van der Waals surface area contributed by atoms with Gasteiger partial charge in [-0.3, -0.25) is 0 Å². The second kappa shape index (κ2) is 6.55. The maximum absolute atomic E-state index is 9.07. The molecular weight excluding hydrogens is 326 g/mol. The van der Waals surface area contributed by atoms with Gasteiger partial charge < -0.3 is 5.21 Å². The smallest absolute Gasteiger partial charge is 0.109 e. The Kier molecular flexibility index (Phi) is 4.77. The molecule has 0 bridgehead atoms. The summed E-state index contributed by atoms with van der Waals surface area (Å²) in [7, 11) is 0. The van der Waals surface area contributed by atoms with Crippen LogP contribution in [0.5, 0.6) is 0 Å². The van der Waals surface area contributed by atoms with Crippen LogP contribution in [0.2, 0.25) is 5.02 Å². The van der Waals surface area contributed by atoms with Crippen molar-refractivity contribution in [3.05, 3.63) is 75.2 Å². The Hall–Kier alpha value is -1.58. The summed E-state index contributed by atoms with van der Waals surface area (Å²) in [6, 6.07) is 15.0. The maximum Gasteiger partial charge on any atom is 0.109 e. The highest BCUT2D eigenvalue weighted by Gasteiger charge is 2.00. The average Bonchev–Trinajstić information content (AvgIpc) is 2.43. The van der Waals surface area contributed by atoms with Crippen LogP contribution in [0.25, 0.3) is 6.08 Å². The fraction of sp³-hybridized carbons (Fsp3) is 0. The summed E-state index contributed by atoms with van der Waals surface area (Å²) in [5.74, 6) is 0. The van der Waals surface area contributed by atoms with Gasteiger partial charge in [0.2, 0.25) is 0 Å². The highest BCUT2D eigenvalue weighted by atomic mass is 79.9. The fourth-order valence-corrected chi connectivity index (χ4v) is 1.95. The minimum atomic E-state index is 0.502. The van der Waals surface area contributed by atoms with Crippen LogP contribution in [0, 0.1) is 0 Å². The number of allylic oxidation sites excluding steroid dienone is 1. The summed E-state index contributed by atoms with van der Waals surface area (Å²) in [5, 5.41) is 13.1. The lowest BCUT2D eigenvalue weighted by Gasteiger charge is -2.00. The van der Waals surface area contributed by atoms with Crippen molar-refractivity contribution in [2.24, 2.45) is 5.16 Å². The molecule has 0 spiro atoms. The fourth-order valence-electron chi connectivity index (χ4n) is 1.56. The van der Waals surface area contributed by atoms with Crippen LogP contribution in [0.4, 0.5) is 0 Å². The third kappa shape index (κ3) is 3.94. The van der Waals surface area contributed by atoms with E-state index in [0.29, 0.717) is 10.7 Å². The zero-order valence-electron chi connectivity index (χ0n) is 9.92. The third-order valence-corrected chi connectivity index (χ3v) is 3.33. The van der Waals surface area contributed by atoms with E-state index in [1.165, 1.54) is 0 Å². The molecule has 0 unspecified atom stereocenters. The van der Waals surface area contributed by atoms with Crippen LogP contribution in [-0.4, -0.2) is 10.9 Å². The van der Waals surface area contributed by atoms with Gasteiger partial charge in [-0.1, -0.05) is 63.0 Å². The Balaban J connectivity index is 2.20. The van der Waals surface area contributed by atoms with Crippen molar-refractivity contribution < 1.29 is 5.21 Å². The lowest BCUT2D eigenvalue weighted by atomic mass is 10.1. The molecule has 0 aromatic heterocycles. The summed E-state index contributed by atoms with van der Waals surface area (Å²) in [5.41, 5.74) is 2.33. The predicted octanol–water partition coefficient (Wildman–Crippen LogP) is 4.99. The van der Waals surface area contributed by atoms with Crippen molar-refractivity contribution in [1.29, 1.82) is 0 Å². The van der Waals surface area contributed by atoms with E-state index in [4.69, 9.17) is 16.8 Å². The third-order valence-electron chi connectivity index (χ3n) is 2.55. The molecular formula is C15H11BrClNO. The molecule has 0 fully saturated rings. The van der Waals surface area contributed by atoms with E-state index in [1.54, 1.807) is 6.08 Å². The molecule has 19 heavy (non-hydrogen) atoms. The monoisotopic (exact) mass is 335 g/mol. The van der Waals surface area contributed by atoms with Crippen molar-refractivity contribution in [3.63, 3.8) is 0 Å². The van der Waals surface area contributed by atoms with Crippen molar-refractivity contribution in [3.8, 4) is 0 Å². The van der Waals surface area contributed by atoms with Crippen molar-refractivity contribution in [1.82, 2.24) is 0 Å².